The first-order valence-corrected chi connectivity index (χ1v) is 7.99. The number of hydrogen-bond donors (Lipinski definition) is 1. The molecule has 5 atom stereocenters. The highest BCUT2D eigenvalue weighted by atomic mass is 35.5. The van der Waals surface area contributed by atoms with Gasteiger partial charge >= 0.3 is 5.97 Å². The molecule has 0 aromatic heterocycles. The summed E-state index contributed by atoms with van der Waals surface area (Å²) in [5.41, 5.74) is -0.557. The Kier molecular flexibility index (Phi) is 3.55. The summed E-state index contributed by atoms with van der Waals surface area (Å²) in [6.45, 7) is 4.55. The van der Waals surface area contributed by atoms with Crippen LogP contribution >= 0.6 is 11.6 Å². The standard InChI is InChI=1S/C15H23ClO4/c1-14(2)8-15(13(18)20-14)5-9-3-11(15)4-10(9)7-19-12(17)6-16/h9-12,17H,3-8H2,1-2H3. The molecular formula is C15H23ClO4. The number of aliphatic hydroxyl groups is 1. The van der Waals surface area contributed by atoms with Crippen molar-refractivity contribution >= 4 is 17.6 Å². The third-order valence-electron chi connectivity index (χ3n) is 5.40. The van der Waals surface area contributed by atoms with Crippen molar-refractivity contribution in [3.63, 3.8) is 0 Å². The summed E-state index contributed by atoms with van der Waals surface area (Å²) in [4.78, 5) is 12.3. The van der Waals surface area contributed by atoms with Gasteiger partial charge in [-0.2, -0.15) is 0 Å². The minimum atomic E-state index is -0.875. The summed E-state index contributed by atoms with van der Waals surface area (Å²) in [7, 11) is 0. The third kappa shape index (κ3) is 2.26. The van der Waals surface area contributed by atoms with E-state index in [4.69, 9.17) is 21.1 Å². The van der Waals surface area contributed by atoms with E-state index in [9.17, 15) is 9.90 Å². The maximum absolute atomic E-state index is 12.3. The highest BCUT2D eigenvalue weighted by Gasteiger charge is 2.64. The molecule has 1 aliphatic heterocycles. The van der Waals surface area contributed by atoms with Crippen molar-refractivity contribution in [3.8, 4) is 0 Å². The number of alkyl halides is 1. The second-order valence-corrected chi connectivity index (χ2v) is 7.63. The molecule has 0 aromatic rings. The molecule has 5 unspecified atom stereocenters. The average Bonchev–Trinajstić information content (AvgIpc) is 2.98. The first kappa shape index (κ1) is 14.6. The molecule has 114 valence electrons. The van der Waals surface area contributed by atoms with Crippen molar-refractivity contribution in [3.05, 3.63) is 0 Å². The van der Waals surface area contributed by atoms with Crippen molar-refractivity contribution in [2.24, 2.45) is 23.2 Å². The molecule has 5 heteroatoms. The number of cyclic esters (lactones) is 1. The van der Waals surface area contributed by atoms with Crippen LogP contribution in [0.5, 0.6) is 0 Å². The molecule has 4 nitrogen and oxygen atoms in total. The highest BCUT2D eigenvalue weighted by molar-refractivity contribution is 6.18. The van der Waals surface area contributed by atoms with Crippen LogP contribution in [0.4, 0.5) is 0 Å². The zero-order chi connectivity index (χ0) is 14.5. The van der Waals surface area contributed by atoms with E-state index in [-0.39, 0.29) is 22.9 Å². The van der Waals surface area contributed by atoms with Crippen LogP contribution in [0.3, 0.4) is 0 Å². The second-order valence-electron chi connectivity index (χ2n) is 7.32. The molecule has 0 radical (unpaired) electrons. The van der Waals surface area contributed by atoms with Crippen LogP contribution in [-0.2, 0) is 14.3 Å². The number of aliphatic hydroxyl groups excluding tert-OH is 1. The van der Waals surface area contributed by atoms with Crippen LogP contribution in [0.2, 0.25) is 0 Å². The van der Waals surface area contributed by atoms with Crippen LogP contribution in [0, 0.1) is 23.2 Å². The number of ether oxygens (including phenoxy) is 2. The maximum atomic E-state index is 12.3. The predicted octanol–water partition coefficient (Wildman–Crippen LogP) is 2.32. The summed E-state index contributed by atoms with van der Waals surface area (Å²) < 4.78 is 10.9. The lowest BCUT2D eigenvalue weighted by Gasteiger charge is -2.34. The molecule has 3 fully saturated rings. The topological polar surface area (TPSA) is 55.8 Å². The Morgan fingerprint density at radius 3 is 2.75 bits per heavy atom. The van der Waals surface area contributed by atoms with Gasteiger partial charge in [0.1, 0.15) is 5.60 Å². The van der Waals surface area contributed by atoms with Crippen molar-refractivity contribution in [1.29, 1.82) is 0 Å². The molecule has 2 bridgehead atoms. The fraction of sp³-hybridized carbons (Fsp3) is 0.933. The third-order valence-corrected chi connectivity index (χ3v) is 5.66. The molecule has 1 heterocycles. The Bertz CT molecular complexity index is 411. The van der Waals surface area contributed by atoms with Crippen LogP contribution in [-0.4, -0.2) is 35.5 Å². The minimum absolute atomic E-state index is 0.00941. The number of carbonyl (C=O) groups is 1. The quantitative estimate of drug-likeness (QED) is 0.492. The average molecular weight is 303 g/mol. The summed E-state index contributed by atoms with van der Waals surface area (Å²) in [6.07, 6.45) is 2.99. The van der Waals surface area contributed by atoms with Gasteiger partial charge in [-0.15, -0.1) is 11.6 Å². The summed E-state index contributed by atoms with van der Waals surface area (Å²) in [5.74, 6) is 1.49. The lowest BCUT2D eigenvalue weighted by atomic mass is 9.67. The predicted molar refractivity (Wildman–Crippen MR) is 74.2 cm³/mol. The minimum Gasteiger partial charge on any atom is -0.459 e. The van der Waals surface area contributed by atoms with Crippen LogP contribution < -0.4 is 0 Å². The van der Waals surface area contributed by atoms with Crippen LogP contribution in [0.25, 0.3) is 0 Å². The van der Waals surface area contributed by atoms with Gasteiger partial charge in [-0.1, -0.05) is 0 Å². The van der Waals surface area contributed by atoms with E-state index in [0.717, 1.165) is 25.7 Å². The van der Waals surface area contributed by atoms with Gasteiger partial charge in [0.15, 0.2) is 6.29 Å². The van der Waals surface area contributed by atoms with Gasteiger partial charge in [-0.3, -0.25) is 4.79 Å². The number of halogens is 1. The van der Waals surface area contributed by atoms with Crippen molar-refractivity contribution in [2.75, 3.05) is 12.5 Å². The number of carbonyl (C=O) groups excluding carboxylic acids is 1. The number of fused-ring (bicyclic) bond motifs is 3. The Balaban J connectivity index is 1.63. The molecule has 1 N–H and O–H groups in total. The highest BCUT2D eigenvalue weighted by Crippen LogP contribution is 2.64. The SMILES string of the molecule is CC1(C)CC2(CC3CC2CC3COC(O)CCl)C(=O)O1. The lowest BCUT2D eigenvalue weighted by molar-refractivity contribution is -0.155. The summed E-state index contributed by atoms with van der Waals surface area (Å²) in [6, 6.07) is 0. The van der Waals surface area contributed by atoms with Gasteiger partial charge in [0.25, 0.3) is 0 Å². The zero-order valence-electron chi connectivity index (χ0n) is 12.1. The van der Waals surface area contributed by atoms with Gasteiger partial charge < -0.3 is 14.6 Å². The second kappa shape index (κ2) is 4.85. The maximum Gasteiger partial charge on any atom is 0.313 e. The summed E-state index contributed by atoms with van der Waals surface area (Å²) in [5, 5.41) is 9.38. The van der Waals surface area contributed by atoms with Crippen LogP contribution in [0.15, 0.2) is 0 Å². The van der Waals surface area contributed by atoms with Gasteiger partial charge in [0.05, 0.1) is 17.9 Å². The van der Waals surface area contributed by atoms with Crippen molar-refractivity contribution in [1.82, 2.24) is 0 Å². The smallest absolute Gasteiger partial charge is 0.313 e. The fourth-order valence-electron chi connectivity index (χ4n) is 4.72. The van der Waals surface area contributed by atoms with Gasteiger partial charge in [-0.25, -0.2) is 0 Å². The Morgan fingerprint density at radius 1 is 1.50 bits per heavy atom. The number of hydrogen-bond acceptors (Lipinski definition) is 4. The molecular weight excluding hydrogens is 280 g/mol. The summed E-state index contributed by atoms with van der Waals surface area (Å²) >= 11 is 5.53. The first-order valence-electron chi connectivity index (χ1n) is 7.45. The van der Waals surface area contributed by atoms with Crippen LogP contribution in [0.1, 0.15) is 39.5 Å². The first-order chi connectivity index (χ1) is 9.36. The van der Waals surface area contributed by atoms with Gasteiger partial charge in [-0.05, 0) is 50.9 Å². The molecule has 3 aliphatic rings. The van der Waals surface area contributed by atoms with E-state index < -0.39 is 6.29 Å². The van der Waals surface area contributed by atoms with E-state index in [2.05, 4.69) is 0 Å². The van der Waals surface area contributed by atoms with Gasteiger partial charge in [0, 0.05) is 6.42 Å². The van der Waals surface area contributed by atoms with E-state index >= 15 is 0 Å². The largest absolute Gasteiger partial charge is 0.459 e. The zero-order valence-corrected chi connectivity index (χ0v) is 12.9. The van der Waals surface area contributed by atoms with Crippen molar-refractivity contribution in [2.45, 2.75) is 51.4 Å². The number of esters is 1. The normalized spacial score (nSPS) is 43.2. The number of rotatable bonds is 4. The molecule has 3 rings (SSSR count). The van der Waals surface area contributed by atoms with E-state index in [0.29, 0.717) is 24.4 Å². The Labute approximate surface area is 124 Å². The molecule has 0 aromatic carbocycles. The molecule has 1 spiro atoms. The Hall–Kier alpha value is -0.320. The molecule has 20 heavy (non-hydrogen) atoms. The Morgan fingerprint density at radius 2 is 2.25 bits per heavy atom. The van der Waals surface area contributed by atoms with Crippen molar-refractivity contribution < 1.29 is 19.4 Å². The van der Waals surface area contributed by atoms with Gasteiger partial charge in [0.2, 0.25) is 0 Å². The molecule has 2 saturated carbocycles. The van der Waals surface area contributed by atoms with E-state index in [1.54, 1.807) is 0 Å². The fourth-order valence-corrected chi connectivity index (χ4v) is 4.81. The van der Waals surface area contributed by atoms with E-state index in [1.165, 1.54) is 0 Å². The van der Waals surface area contributed by atoms with E-state index in [1.807, 2.05) is 13.8 Å². The molecule has 0 amide bonds. The molecule has 2 aliphatic carbocycles. The lowest BCUT2D eigenvalue weighted by Crippen LogP contribution is -2.36. The monoisotopic (exact) mass is 302 g/mol. The molecule has 1 saturated heterocycles.